The Kier molecular flexibility index (Phi) is 4.45. The fourth-order valence-corrected chi connectivity index (χ4v) is 3.84. The Balaban J connectivity index is 1.74. The van der Waals surface area contributed by atoms with Crippen LogP contribution in [0.1, 0.15) is 11.3 Å². The van der Waals surface area contributed by atoms with Crippen molar-refractivity contribution in [3.05, 3.63) is 58.8 Å². The Hall–Kier alpha value is -3.06. The molecule has 1 N–H and O–H groups in total. The van der Waals surface area contributed by atoms with Crippen molar-refractivity contribution < 1.29 is 9.53 Å². The van der Waals surface area contributed by atoms with Gasteiger partial charge < -0.3 is 14.6 Å². The number of ether oxygens (including phenoxy) is 1. The highest BCUT2D eigenvalue weighted by atomic mass is 32.2. The second-order valence-corrected chi connectivity index (χ2v) is 7.14. The minimum Gasteiger partial charge on any atom is -0.497 e. The number of aliphatic imine (C=N–C) groups is 1. The molecular weight excluding hydrogens is 360 g/mol. The Bertz CT molecular complexity index is 1100. The maximum atomic E-state index is 12.4. The van der Waals surface area contributed by atoms with E-state index in [1.165, 1.54) is 11.8 Å². The number of fused-ring (bicyclic) bond motifs is 1. The quantitative estimate of drug-likeness (QED) is 0.704. The summed E-state index contributed by atoms with van der Waals surface area (Å²) in [5, 5.41) is 4.38. The minimum atomic E-state index is -0.158. The molecule has 0 aliphatic carbocycles. The van der Waals surface area contributed by atoms with Gasteiger partial charge in [0.25, 0.3) is 5.91 Å². The van der Waals surface area contributed by atoms with Gasteiger partial charge in [0, 0.05) is 35.4 Å². The highest BCUT2D eigenvalue weighted by molar-refractivity contribution is 8.18. The predicted molar refractivity (Wildman–Crippen MR) is 109 cm³/mol. The molecule has 1 aliphatic rings. The molecule has 1 amide bonds. The maximum Gasteiger partial charge on any atom is 0.264 e. The Morgan fingerprint density at radius 3 is 2.89 bits per heavy atom. The van der Waals surface area contributed by atoms with Crippen LogP contribution in [-0.2, 0) is 11.8 Å². The number of rotatable bonds is 3. The van der Waals surface area contributed by atoms with Gasteiger partial charge in [-0.2, -0.15) is 0 Å². The van der Waals surface area contributed by atoms with E-state index in [-0.39, 0.29) is 5.91 Å². The number of carbonyl (C=O) groups is 1. The van der Waals surface area contributed by atoms with Crippen LogP contribution in [0.3, 0.4) is 0 Å². The molecule has 0 saturated carbocycles. The van der Waals surface area contributed by atoms with Crippen molar-refractivity contribution in [1.29, 1.82) is 0 Å². The standard InChI is InChI=1S/C20H18N4O2S/c1-12-14(15-10-13(26-3)7-8-16(15)24(12)2)11-17-19(25)23-20(27-17)22-18-6-4-5-9-21-18/h4-11H,1-3H3,(H,21,22,23,25)/b17-11-. The van der Waals surface area contributed by atoms with E-state index in [1.54, 1.807) is 19.4 Å². The molecule has 6 nitrogen and oxygen atoms in total. The van der Waals surface area contributed by atoms with Gasteiger partial charge in [0.15, 0.2) is 11.0 Å². The van der Waals surface area contributed by atoms with Crippen LogP contribution >= 0.6 is 11.8 Å². The normalized spacial score (nSPS) is 17.1. The summed E-state index contributed by atoms with van der Waals surface area (Å²) in [6.45, 7) is 2.04. The van der Waals surface area contributed by atoms with Crippen LogP contribution in [0.4, 0.5) is 5.82 Å². The SMILES string of the molecule is COc1ccc2c(c1)c(/C=C1\SC(=Nc3ccccn3)NC1=O)c(C)n2C. The highest BCUT2D eigenvalue weighted by Crippen LogP contribution is 2.34. The summed E-state index contributed by atoms with van der Waals surface area (Å²) in [7, 11) is 3.66. The zero-order valence-electron chi connectivity index (χ0n) is 15.2. The molecule has 1 aromatic carbocycles. The van der Waals surface area contributed by atoms with Crippen LogP contribution in [0.2, 0.25) is 0 Å². The number of nitrogens with zero attached hydrogens (tertiary/aromatic N) is 3. The molecular formula is C20H18N4O2S. The van der Waals surface area contributed by atoms with Gasteiger partial charge in [0.05, 0.1) is 12.0 Å². The molecule has 4 rings (SSSR count). The van der Waals surface area contributed by atoms with Gasteiger partial charge in [-0.25, -0.2) is 9.98 Å². The van der Waals surface area contributed by atoms with Crippen LogP contribution < -0.4 is 10.1 Å². The molecule has 1 saturated heterocycles. The van der Waals surface area contributed by atoms with Gasteiger partial charge in [-0.05, 0) is 55.1 Å². The molecule has 1 aliphatic heterocycles. The fraction of sp³-hybridized carbons (Fsp3) is 0.150. The predicted octanol–water partition coefficient (Wildman–Crippen LogP) is 3.78. The third-order valence-corrected chi connectivity index (χ3v) is 5.45. The summed E-state index contributed by atoms with van der Waals surface area (Å²) in [6, 6.07) is 11.4. The van der Waals surface area contributed by atoms with E-state index < -0.39 is 0 Å². The van der Waals surface area contributed by atoms with Gasteiger partial charge in [0.2, 0.25) is 0 Å². The number of hydrogen-bond donors (Lipinski definition) is 1. The molecule has 136 valence electrons. The smallest absolute Gasteiger partial charge is 0.264 e. The average Bonchev–Trinajstić information content (AvgIpc) is 3.14. The first-order valence-electron chi connectivity index (χ1n) is 8.40. The van der Waals surface area contributed by atoms with Crippen molar-refractivity contribution in [3.8, 4) is 5.75 Å². The lowest BCUT2D eigenvalue weighted by molar-refractivity contribution is -0.115. The number of aryl methyl sites for hydroxylation is 1. The number of hydrogen-bond acceptors (Lipinski definition) is 5. The van der Waals surface area contributed by atoms with E-state index in [2.05, 4.69) is 19.9 Å². The van der Waals surface area contributed by atoms with Crippen LogP contribution in [-0.4, -0.2) is 27.7 Å². The summed E-state index contributed by atoms with van der Waals surface area (Å²) in [6.07, 6.45) is 3.59. The second kappa shape index (κ2) is 6.92. The van der Waals surface area contributed by atoms with E-state index in [0.29, 0.717) is 15.9 Å². The molecule has 27 heavy (non-hydrogen) atoms. The number of aromatic nitrogens is 2. The van der Waals surface area contributed by atoms with Crippen LogP contribution in [0.25, 0.3) is 17.0 Å². The zero-order chi connectivity index (χ0) is 19.0. The molecule has 7 heteroatoms. The van der Waals surface area contributed by atoms with Crippen molar-refractivity contribution in [2.45, 2.75) is 6.92 Å². The summed E-state index contributed by atoms with van der Waals surface area (Å²) in [5.41, 5.74) is 3.17. The van der Waals surface area contributed by atoms with Gasteiger partial charge >= 0.3 is 0 Å². The largest absolute Gasteiger partial charge is 0.497 e. The van der Waals surface area contributed by atoms with Gasteiger partial charge in [-0.3, -0.25) is 4.79 Å². The molecule has 2 aromatic heterocycles. The second-order valence-electron chi connectivity index (χ2n) is 6.11. The monoisotopic (exact) mass is 378 g/mol. The summed E-state index contributed by atoms with van der Waals surface area (Å²) in [5.74, 6) is 1.19. The number of methoxy groups -OCH3 is 1. The first-order chi connectivity index (χ1) is 13.1. The Morgan fingerprint density at radius 2 is 2.15 bits per heavy atom. The van der Waals surface area contributed by atoms with Gasteiger partial charge in [-0.15, -0.1) is 0 Å². The van der Waals surface area contributed by atoms with Gasteiger partial charge in [0.1, 0.15) is 5.75 Å². The number of benzene rings is 1. The van der Waals surface area contributed by atoms with Crippen molar-refractivity contribution in [2.75, 3.05) is 7.11 Å². The lowest BCUT2D eigenvalue weighted by Crippen LogP contribution is -2.19. The summed E-state index contributed by atoms with van der Waals surface area (Å²) >= 11 is 1.31. The maximum absolute atomic E-state index is 12.4. The molecule has 0 spiro atoms. The molecule has 3 aromatic rings. The average molecular weight is 378 g/mol. The highest BCUT2D eigenvalue weighted by Gasteiger charge is 2.25. The fourth-order valence-electron chi connectivity index (χ4n) is 3.02. The van der Waals surface area contributed by atoms with E-state index in [0.717, 1.165) is 27.9 Å². The Morgan fingerprint density at radius 1 is 1.30 bits per heavy atom. The zero-order valence-corrected chi connectivity index (χ0v) is 16.0. The van der Waals surface area contributed by atoms with E-state index in [4.69, 9.17) is 4.74 Å². The van der Waals surface area contributed by atoms with Crippen molar-refractivity contribution in [3.63, 3.8) is 0 Å². The van der Waals surface area contributed by atoms with Crippen molar-refractivity contribution >= 4 is 45.6 Å². The Labute approximate surface area is 161 Å². The summed E-state index contributed by atoms with van der Waals surface area (Å²) in [4.78, 5) is 21.6. The third-order valence-electron chi connectivity index (χ3n) is 4.54. The first kappa shape index (κ1) is 17.4. The number of nitrogens with one attached hydrogen (secondary N) is 1. The number of amides is 1. The molecule has 0 unspecified atom stereocenters. The summed E-state index contributed by atoms with van der Waals surface area (Å²) < 4.78 is 7.47. The molecule has 0 radical (unpaired) electrons. The van der Waals surface area contributed by atoms with Crippen LogP contribution in [0.15, 0.2) is 52.5 Å². The minimum absolute atomic E-state index is 0.158. The van der Waals surface area contributed by atoms with Crippen LogP contribution in [0, 0.1) is 6.92 Å². The van der Waals surface area contributed by atoms with Gasteiger partial charge in [-0.1, -0.05) is 6.07 Å². The molecule has 0 bridgehead atoms. The van der Waals surface area contributed by atoms with E-state index >= 15 is 0 Å². The first-order valence-corrected chi connectivity index (χ1v) is 9.22. The number of carbonyl (C=O) groups excluding carboxylic acids is 1. The molecule has 0 atom stereocenters. The van der Waals surface area contributed by atoms with Crippen molar-refractivity contribution in [2.24, 2.45) is 12.0 Å². The van der Waals surface area contributed by atoms with E-state index in [9.17, 15) is 4.79 Å². The topological polar surface area (TPSA) is 68.5 Å². The van der Waals surface area contributed by atoms with Crippen molar-refractivity contribution in [1.82, 2.24) is 14.9 Å². The molecule has 3 heterocycles. The third kappa shape index (κ3) is 3.21. The van der Waals surface area contributed by atoms with Crippen LogP contribution in [0.5, 0.6) is 5.75 Å². The molecule has 1 fully saturated rings. The lowest BCUT2D eigenvalue weighted by Gasteiger charge is -2.01. The number of pyridine rings is 1. The lowest BCUT2D eigenvalue weighted by atomic mass is 10.1. The number of thioether (sulfide) groups is 1. The van der Waals surface area contributed by atoms with E-state index in [1.807, 2.05) is 50.4 Å². The number of amidine groups is 1.